The zero-order chi connectivity index (χ0) is 11.1. The summed E-state index contributed by atoms with van der Waals surface area (Å²) in [4.78, 5) is 11.1. The van der Waals surface area contributed by atoms with Gasteiger partial charge in [0, 0.05) is 17.6 Å². The third-order valence-corrected chi connectivity index (χ3v) is 2.07. The summed E-state index contributed by atoms with van der Waals surface area (Å²) >= 11 is 5.89. The molecule has 0 fully saturated rings. The van der Waals surface area contributed by atoms with Crippen LogP contribution in [0, 0.1) is 0 Å². The van der Waals surface area contributed by atoms with Crippen molar-refractivity contribution >= 4 is 23.6 Å². The SMILES string of the molecule is O=C(C=Cc1ccccc1Cl)NCCO. The molecule has 15 heavy (non-hydrogen) atoms. The molecule has 0 atom stereocenters. The molecule has 80 valence electrons. The van der Waals surface area contributed by atoms with Gasteiger partial charge in [-0.05, 0) is 17.7 Å². The van der Waals surface area contributed by atoms with Crippen molar-refractivity contribution in [3.05, 3.63) is 40.9 Å². The third-order valence-electron chi connectivity index (χ3n) is 1.73. The Morgan fingerprint density at radius 1 is 1.47 bits per heavy atom. The van der Waals surface area contributed by atoms with Crippen LogP contribution in [0.2, 0.25) is 5.02 Å². The standard InChI is InChI=1S/C11H12ClNO2/c12-10-4-2-1-3-9(10)5-6-11(15)13-7-8-14/h1-6,14H,7-8H2,(H,13,15). The minimum Gasteiger partial charge on any atom is -0.395 e. The first-order valence-corrected chi connectivity index (χ1v) is 4.93. The molecule has 1 aromatic carbocycles. The van der Waals surface area contributed by atoms with E-state index in [-0.39, 0.29) is 19.1 Å². The van der Waals surface area contributed by atoms with Gasteiger partial charge in [0.1, 0.15) is 0 Å². The maximum absolute atomic E-state index is 11.1. The van der Waals surface area contributed by atoms with E-state index in [2.05, 4.69) is 5.32 Å². The smallest absolute Gasteiger partial charge is 0.244 e. The average Bonchev–Trinajstić information content (AvgIpc) is 2.25. The van der Waals surface area contributed by atoms with Crippen LogP contribution in [0.15, 0.2) is 30.3 Å². The van der Waals surface area contributed by atoms with Gasteiger partial charge in [0.15, 0.2) is 0 Å². The lowest BCUT2D eigenvalue weighted by molar-refractivity contribution is -0.116. The number of hydrogen-bond acceptors (Lipinski definition) is 2. The van der Waals surface area contributed by atoms with E-state index in [4.69, 9.17) is 16.7 Å². The molecule has 0 aromatic heterocycles. The molecule has 0 bridgehead atoms. The number of halogens is 1. The molecular weight excluding hydrogens is 214 g/mol. The first-order valence-electron chi connectivity index (χ1n) is 4.55. The molecule has 0 heterocycles. The number of hydrogen-bond donors (Lipinski definition) is 2. The molecule has 0 unspecified atom stereocenters. The number of carbonyl (C=O) groups excluding carboxylic acids is 1. The van der Waals surface area contributed by atoms with Crippen LogP contribution in [0.5, 0.6) is 0 Å². The molecular formula is C11H12ClNO2. The molecule has 4 heteroatoms. The second-order valence-corrected chi connectivity index (χ2v) is 3.28. The van der Waals surface area contributed by atoms with Crippen LogP contribution in [-0.2, 0) is 4.79 Å². The maximum atomic E-state index is 11.1. The van der Waals surface area contributed by atoms with Gasteiger partial charge in [0.25, 0.3) is 0 Å². The lowest BCUT2D eigenvalue weighted by Crippen LogP contribution is -2.24. The highest BCUT2D eigenvalue weighted by atomic mass is 35.5. The van der Waals surface area contributed by atoms with E-state index in [1.54, 1.807) is 12.1 Å². The minimum absolute atomic E-state index is 0.0638. The molecule has 3 nitrogen and oxygen atoms in total. The summed E-state index contributed by atoms with van der Waals surface area (Å²) in [6.45, 7) is 0.192. The molecule has 0 aliphatic heterocycles. The number of nitrogens with one attached hydrogen (secondary N) is 1. The van der Waals surface area contributed by atoms with Gasteiger partial charge in [-0.25, -0.2) is 0 Å². The normalized spacial score (nSPS) is 10.5. The quantitative estimate of drug-likeness (QED) is 0.763. The van der Waals surface area contributed by atoms with Crippen molar-refractivity contribution in [2.24, 2.45) is 0 Å². The second-order valence-electron chi connectivity index (χ2n) is 2.87. The van der Waals surface area contributed by atoms with Crippen LogP contribution in [-0.4, -0.2) is 24.2 Å². The van der Waals surface area contributed by atoms with Crippen LogP contribution in [0.25, 0.3) is 6.08 Å². The Morgan fingerprint density at radius 3 is 2.87 bits per heavy atom. The van der Waals surface area contributed by atoms with E-state index in [9.17, 15) is 4.79 Å². The van der Waals surface area contributed by atoms with Crippen LogP contribution < -0.4 is 5.32 Å². The van der Waals surface area contributed by atoms with Crippen molar-refractivity contribution < 1.29 is 9.90 Å². The van der Waals surface area contributed by atoms with Gasteiger partial charge in [0.05, 0.1) is 6.61 Å². The first-order chi connectivity index (χ1) is 7.24. The van der Waals surface area contributed by atoms with Gasteiger partial charge in [-0.2, -0.15) is 0 Å². The predicted molar refractivity (Wildman–Crippen MR) is 60.6 cm³/mol. The predicted octanol–water partition coefficient (Wildman–Crippen LogP) is 1.46. The van der Waals surface area contributed by atoms with E-state index in [1.807, 2.05) is 18.2 Å². The summed E-state index contributed by atoms with van der Waals surface area (Å²) in [6, 6.07) is 7.24. The number of aliphatic hydroxyl groups is 1. The van der Waals surface area contributed by atoms with Crippen molar-refractivity contribution in [1.82, 2.24) is 5.32 Å². The first kappa shape index (κ1) is 11.8. The molecule has 2 N–H and O–H groups in total. The maximum Gasteiger partial charge on any atom is 0.244 e. The van der Waals surface area contributed by atoms with E-state index in [0.29, 0.717) is 5.02 Å². The Hall–Kier alpha value is -1.32. The van der Waals surface area contributed by atoms with Crippen molar-refractivity contribution in [2.75, 3.05) is 13.2 Å². The number of amides is 1. The molecule has 1 amide bonds. The van der Waals surface area contributed by atoms with Gasteiger partial charge in [-0.3, -0.25) is 4.79 Å². The topological polar surface area (TPSA) is 49.3 Å². The lowest BCUT2D eigenvalue weighted by atomic mass is 10.2. The van der Waals surface area contributed by atoms with Crippen LogP contribution in [0.4, 0.5) is 0 Å². The van der Waals surface area contributed by atoms with Crippen molar-refractivity contribution in [2.45, 2.75) is 0 Å². The molecule has 0 aliphatic carbocycles. The van der Waals surface area contributed by atoms with Crippen molar-refractivity contribution in [3.8, 4) is 0 Å². The Balaban J connectivity index is 2.58. The molecule has 0 saturated heterocycles. The van der Waals surface area contributed by atoms with Crippen LogP contribution in [0.1, 0.15) is 5.56 Å². The fraction of sp³-hybridized carbons (Fsp3) is 0.182. The van der Waals surface area contributed by atoms with Crippen LogP contribution >= 0.6 is 11.6 Å². The minimum atomic E-state index is -0.246. The fourth-order valence-corrected chi connectivity index (χ4v) is 1.21. The number of benzene rings is 1. The van der Waals surface area contributed by atoms with Gasteiger partial charge >= 0.3 is 0 Å². The summed E-state index contributed by atoms with van der Waals surface area (Å²) in [5.74, 6) is -0.246. The largest absolute Gasteiger partial charge is 0.395 e. The molecule has 0 spiro atoms. The number of carbonyl (C=O) groups is 1. The average molecular weight is 226 g/mol. The Kier molecular flexibility index (Phi) is 4.87. The molecule has 1 rings (SSSR count). The molecule has 0 aliphatic rings. The zero-order valence-corrected chi connectivity index (χ0v) is 8.87. The summed E-state index contributed by atoms with van der Waals surface area (Å²) in [5, 5.41) is 11.6. The van der Waals surface area contributed by atoms with Gasteiger partial charge in [-0.1, -0.05) is 29.8 Å². The number of aliphatic hydroxyl groups excluding tert-OH is 1. The Bertz CT molecular complexity index is 363. The van der Waals surface area contributed by atoms with Crippen molar-refractivity contribution in [3.63, 3.8) is 0 Å². The van der Waals surface area contributed by atoms with Crippen molar-refractivity contribution in [1.29, 1.82) is 0 Å². The monoisotopic (exact) mass is 225 g/mol. The second kappa shape index (κ2) is 6.22. The van der Waals surface area contributed by atoms with E-state index in [1.165, 1.54) is 6.08 Å². The fourth-order valence-electron chi connectivity index (χ4n) is 1.01. The summed E-state index contributed by atoms with van der Waals surface area (Å²) < 4.78 is 0. The third kappa shape index (κ3) is 4.14. The molecule has 0 saturated carbocycles. The highest BCUT2D eigenvalue weighted by Gasteiger charge is 1.96. The summed E-state index contributed by atoms with van der Waals surface area (Å²) in [5.41, 5.74) is 0.790. The zero-order valence-electron chi connectivity index (χ0n) is 8.11. The highest BCUT2D eigenvalue weighted by molar-refractivity contribution is 6.32. The Labute approximate surface area is 93.4 Å². The number of rotatable bonds is 4. The molecule has 0 radical (unpaired) electrons. The summed E-state index contributed by atoms with van der Waals surface area (Å²) in [6.07, 6.45) is 3.02. The highest BCUT2D eigenvalue weighted by Crippen LogP contribution is 2.15. The Morgan fingerprint density at radius 2 is 2.20 bits per heavy atom. The molecule has 1 aromatic rings. The van der Waals surface area contributed by atoms with Gasteiger partial charge in [0.2, 0.25) is 5.91 Å². The van der Waals surface area contributed by atoms with E-state index in [0.717, 1.165) is 5.56 Å². The lowest BCUT2D eigenvalue weighted by Gasteiger charge is -1.98. The summed E-state index contributed by atoms with van der Waals surface area (Å²) in [7, 11) is 0. The van der Waals surface area contributed by atoms with Gasteiger partial charge < -0.3 is 10.4 Å². The van der Waals surface area contributed by atoms with Gasteiger partial charge in [-0.15, -0.1) is 0 Å². The van der Waals surface area contributed by atoms with Crippen LogP contribution in [0.3, 0.4) is 0 Å². The van der Waals surface area contributed by atoms with E-state index < -0.39 is 0 Å². The van der Waals surface area contributed by atoms with E-state index >= 15 is 0 Å².